The fraction of sp³-hybridized carbons (Fsp3) is 0. The quantitative estimate of drug-likeness (QED) is 0.725. The molecule has 0 aromatic heterocycles. The molecule has 0 amide bonds. The first-order valence-corrected chi connectivity index (χ1v) is 7.83. The van der Waals surface area contributed by atoms with E-state index in [0.717, 1.165) is 0 Å². The molecular weight excluding hydrogens is 329 g/mol. The summed E-state index contributed by atoms with van der Waals surface area (Å²) in [5, 5.41) is 0.764. The lowest BCUT2D eigenvalue weighted by Gasteiger charge is -2.23. The molecule has 0 saturated heterocycles. The van der Waals surface area contributed by atoms with Crippen LogP contribution in [0.2, 0.25) is 15.1 Å². The van der Waals surface area contributed by atoms with Gasteiger partial charge in [0, 0.05) is 11.1 Å². The molecule has 19 heavy (non-hydrogen) atoms. The Labute approximate surface area is 125 Å². The lowest BCUT2D eigenvalue weighted by atomic mass is 10.0. The molecule has 0 fully saturated rings. The van der Waals surface area contributed by atoms with Crippen molar-refractivity contribution >= 4 is 50.5 Å². The highest BCUT2D eigenvalue weighted by Crippen LogP contribution is 2.48. The molecule has 0 saturated carbocycles. The second-order valence-electron chi connectivity index (χ2n) is 4.01. The molecule has 0 spiro atoms. The first kappa shape index (κ1) is 13.1. The zero-order valence-corrected chi connectivity index (χ0v) is 12.3. The van der Waals surface area contributed by atoms with Crippen LogP contribution < -0.4 is 4.72 Å². The zero-order chi connectivity index (χ0) is 13.8. The molecule has 1 N–H and O–H groups in total. The van der Waals surface area contributed by atoms with Crippen LogP contribution >= 0.6 is 34.8 Å². The third-order valence-electron chi connectivity index (χ3n) is 2.85. The number of sulfonamides is 1. The Morgan fingerprint density at radius 1 is 1.00 bits per heavy atom. The van der Waals surface area contributed by atoms with Crippen LogP contribution in [-0.2, 0) is 10.0 Å². The Balaban J connectivity index is 2.50. The van der Waals surface area contributed by atoms with E-state index in [0.29, 0.717) is 11.1 Å². The second kappa shape index (κ2) is 4.28. The van der Waals surface area contributed by atoms with E-state index >= 15 is 0 Å². The Bertz CT molecular complexity index is 803. The maximum Gasteiger partial charge on any atom is 0.262 e. The highest BCUT2D eigenvalue weighted by molar-refractivity contribution is 7.93. The standard InChI is InChI=1S/C12H6Cl3NO2S/c13-7-5-8(14)12-10(11(7)15)6-3-1-2-4-9(6)19(17,18)16-12/h1-5,16H. The van der Waals surface area contributed by atoms with Crippen molar-refractivity contribution in [1.29, 1.82) is 0 Å². The van der Waals surface area contributed by atoms with Crippen molar-refractivity contribution in [2.45, 2.75) is 4.90 Å². The van der Waals surface area contributed by atoms with E-state index in [1.54, 1.807) is 18.2 Å². The third kappa shape index (κ3) is 1.91. The molecule has 1 aliphatic heterocycles. The summed E-state index contributed by atoms with van der Waals surface area (Å²) >= 11 is 18.2. The Morgan fingerprint density at radius 3 is 2.42 bits per heavy atom. The minimum absolute atomic E-state index is 0.155. The topological polar surface area (TPSA) is 46.2 Å². The molecule has 0 unspecified atom stereocenters. The number of rotatable bonds is 0. The summed E-state index contributed by atoms with van der Waals surface area (Å²) in [5.74, 6) is 0. The number of halogens is 3. The number of hydrogen-bond acceptors (Lipinski definition) is 2. The van der Waals surface area contributed by atoms with Crippen molar-refractivity contribution in [2.24, 2.45) is 0 Å². The molecule has 1 heterocycles. The van der Waals surface area contributed by atoms with Gasteiger partial charge in [-0.05, 0) is 12.1 Å². The summed E-state index contributed by atoms with van der Waals surface area (Å²) in [6.07, 6.45) is 0. The van der Waals surface area contributed by atoms with Gasteiger partial charge in [0.05, 0.1) is 25.7 Å². The molecule has 3 nitrogen and oxygen atoms in total. The normalized spacial score (nSPS) is 15.3. The number of fused-ring (bicyclic) bond motifs is 3. The minimum atomic E-state index is -3.64. The lowest BCUT2D eigenvalue weighted by molar-refractivity contribution is 0.601. The molecule has 7 heteroatoms. The molecule has 0 aliphatic carbocycles. The van der Waals surface area contributed by atoms with Gasteiger partial charge >= 0.3 is 0 Å². The summed E-state index contributed by atoms with van der Waals surface area (Å²) in [7, 11) is -3.64. The van der Waals surface area contributed by atoms with Crippen LogP contribution in [0.1, 0.15) is 0 Å². The van der Waals surface area contributed by atoms with E-state index in [4.69, 9.17) is 34.8 Å². The van der Waals surface area contributed by atoms with Crippen LogP contribution in [0.4, 0.5) is 5.69 Å². The van der Waals surface area contributed by atoms with Crippen LogP contribution in [0, 0.1) is 0 Å². The van der Waals surface area contributed by atoms with Gasteiger partial charge in [0.25, 0.3) is 10.0 Å². The van der Waals surface area contributed by atoms with Gasteiger partial charge in [-0.3, -0.25) is 4.72 Å². The van der Waals surface area contributed by atoms with Crippen molar-refractivity contribution in [2.75, 3.05) is 4.72 Å². The largest absolute Gasteiger partial charge is 0.277 e. The first-order chi connectivity index (χ1) is 8.92. The van der Waals surface area contributed by atoms with E-state index in [-0.39, 0.29) is 25.7 Å². The van der Waals surface area contributed by atoms with Crippen LogP contribution in [-0.4, -0.2) is 8.42 Å². The fourth-order valence-electron chi connectivity index (χ4n) is 2.04. The monoisotopic (exact) mass is 333 g/mol. The molecule has 2 aromatic carbocycles. The van der Waals surface area contributed by atoms with E-state index in [1.807, 2.05) is 0 Å². The summed E-state index contributed by atoms with van der Waals surface area (Å²) < 4.78 is 26.7. The molecule has 2 aromatic rings. The van der Waals surface area contributed by atoms with Crippen molar-refractivity contribution in [3.8, 4) is 11.1 Å². The average molecular weight is 335 g/mol. The smallest absolute Gasteiger partial charge is 0.262 e. The van der Waals surface area contributed by atoms with Crippen molar-refractivity contribution in [1.82, 2.24) is 0 Å². The van der Waals surface area contributed by atoms with E-state index in [1.165, 1.54) is 12.1 Å². The first-order valence-electron chi connectivity index (χ1n) is 5.21. The average Bonchev–Trinajstić information content (AvgIpc) is 2.36. The van der Waals surface area contributed by atoms with Crippen molar-refractivity contribution < 1.29 is 8.42 Å². The Morgan fingerprint density at radius 2 is 1.68 bits per heavy atom. The van der Waals surface area contributed by atoms with E-state index < -0.39 is 10.0 Å². The molecule has 0 bridgehead atoms. The summed E-state index contributed by atoms with van der Waals surface area (Å²) in [6, 6.07) is 7.97. The van der Waals surface area contributed by atoms with Crippen LogP contribution in [0.15, 0.2) is 35.2 Å². The maximum absolute atomic E-state index is 12.1. The summed E-state index contributed by atoms with van der Waals surface area (Å²) in [6.45, 7) is 0. The van der Waals surface area contributed by atoms with Crippen LogP contribution in [0.25, 0.3) is 11.1 Å². The van der Waals surface area contributed by atoms with Gasteiger partial charge in [-0.2, -0.15) is 0 Å². The summed E-state index contributed by atoms with van der Waals surface area (Å²) in [4.78, 5) is 0.155. The third-order valence-corrected chi connectivity index (χ3v) is 5.35. The van der Waals surface area contributed by atoms with Gasteiger partial charge in [0.2, 0.25) is 0 Å². The fourth-order valence-corrected chi connectivity index (χ4v) is 4.17. The maximum atomic E-state index is 12.1. The zero-order valence-electron chi connectivity index (χ0n) is 9.25. The predicted molar refractivity (Wildman–Crippen MR) is 77.7 cm³/mol. The van der Waals surface area contributed by atoms with Gasteiger partial charge < -0.3 is 0 Å². The Hall–Kier alpha value is -0.940. The lowest BCUT2D eigenvalue weighted by Crippen LogP contribution is -2.19. The molecule has 98 valence electrons. The van der Waals surface area contributed by atoms with Gasteiger partial charge in [0.15, 0.2) is 0 Å². The molecule has 3 rings (SSSR count). The molecule has 0 radical (unpaired) electrons. The van der Waals surface area contributed by atoms with Gasteiger partial charge in [0.1, 0.15) is 0 Å². The van der Waals surface area contributed by atoms with Gasteiger partial charge in [-0.1, -0.05) is 53.0 Å². The van der Waals surface area contributed by atoms with Crippen molar-refractivity contribution in [3.05, 3.63) is 45.4 Å². The van der Waals surface area contributed by atoms with Gasteiger partial charge in [-0.15, -0.1) is 0 Å². The van der Waals surface area contributed by atoms with E-state index in [2.05, 4.69) is 4.72 Å². The second-order valence-corrected chi connectivity index (χ2v) is 6.85. The van der Waals surface area contributed by atoms with Crippen LogP contribution in [0.5, 0.6) is 0 Å². The van der Waals surface area contributed by atoms with Crippen LogP contribution in [0.3, 0.4) is 0 Å². The highest BCUT2D eigenvalue weighted by Gasteiger charge is 2.31. The summed E-state index contributed by atoms with van der Waals surface area (Å²) in [5.41, 5.74) is 1.25. The molecule has 0 atom stereocenters. The predicted octanol–water partition coefficient (Wildman–Crippen LogP) is 4.43. The van der Waals surface area contributed by atoms with E-state index in [9.17, 15) is 8.42 Å². The number of benzene rings is 2. The van der Waals surface area contributed by atoms with Crippen molar-refractivity contribution in [3.63, 3.8) is 0 Å². The number of nitrogens with one attached hydrogen (secondary N) is 1. The molecular formula is C12H6Cl3NO2S. The highest BCUT2D eigenvalue weighted by atomic mass is 35.5. The minimum Gasteiger partial charge on any atom is -0.277 e. The number of hydrogen-bond donors (Lipinski definition) is 1. The number of anilines is 1. The molecule has 1 aliphatic rings. The Kier molecular flexibility index (Phi) is 2.94. The SMILES string of the molecule is O=S1(=O)Nc2c(Cl)cc(Cl)c(Cl)c2-c2ccccc21. The van der Waals surface area contributed by atoms with Gasteiger partial charge in [-0.25, -0.2) is 8.42 Å².